The average Bonchev–Trinajstić information content (AvgIpc) is 3.45. The van der Waals surface area contributed by atoms with Crippen LogP contribution in [0.15, 0.2) is 17.2 Å². The normalized spacial score (nSPS) is 19.6. The number of fused-ring (bicyclic) bond motifs is 3. The molecule has 2 heterocycles. The molecule has 0 radical (unpaired) electrons. The molecule has 0 saturated carbocycles. The molecule has 1 aliphatic heterocycles. The van der Waals surface area contributed by atoms with Gasteiger partial charge in [-0.3, -0.25) is 0 Å². The zero-order valence-electron chi connectivity index (χ0n) is 16.6. The number of sulfonamides is 1. The van der Waals surface area contributed by atoms with Crippen LogP contribution in [0.2, 0.25) is 0 Å². The Kier molecular flexibility index (Phi) is 4.70. The van der Waals surface area contributed by atoms with Crippen LogP contribution in [0.1, 0.15) is 35.1 Å². The number of ether oxygens (including phenoxy) is 1. The lowest BCUT2D eigenvalue weighted by Crippen LogP contribution is -2.36. The monoisotopic (exact) mass is 431 g/mol. The first-order valence-corrected chi connectivity index (χ1v) is 11.8. The molecule has 0 fully saturated rings. The van der Waals surface area contributed by atoms with Gasteiger partial charge in [0.1, 0.15) is 0 Å². The predicted molar refractivity (Wildman–Crippen MR) is 110 cm³/mol. The van der Waals surface area contributed by atoms with Gasteiger partial charge in [-0.1, -0.05) is 6.07 Å². The van der Waals surface area contributed by atoms with E-state index in [0.29, 0.717) is 19.7 Å². The molecule has 160 valence electrons. The van der Waals surface area contributed by atoms with Crippen molar-refractivity contribution in [3.63, 3.8) is 0 Å². The maximum Gasteiger partial charge on any atom is 0.333 e. The van der Waals surface area contributed by atoms with E-state index in [1.807, 2.05) is 0 Å². The first-order valence-electron chi connectivity index (χ1n) is 10.3. The van der Waals surface area contributed by atoms with Crippen LogP contribution in [-0.2, 0) is 42.3 Å². The summed E-state index contributed by atoms with van der Waals surface area (Å²) >= 11 is 0. The van der Waals surface area contributed by atoms with Crippen molar-refractivity contribution >= 4 is 21.7 Å². The van der Waals surface area contributed by atoms with Gasteiger partial charge in [-0.2, -0.15) is 5.10 Å². The van der Waals surface area contributed by atoms with Crippen LogP contribution >= 0.6 is 0 Å². The molecule has 1 aromatic heterocycles. The summed E-state index contributed by atoms with van der Waals surface area (Å²) in [4.78, 5) is 12.6. The molecule has 1 unspecified atom stereocenters. The Hall–Kier alpha value is -2.59. The van der Waals surface area contributed by atoms with Crippen LogP contribution in [-0.4, -0.2) is 37.4 Å². The van der Waals surface area contributed by atoms with Gasteiger partial charge in [0.05, 0.1) is 19.3 Å². The summed E-state index contributed by atoms with van der Waals surface area (Å²) in [6, 6.07) is 1.50. The molecule has 0 saturated heterocycles. The van der Waals surface area contributed by atoms with E-state index < -0.39 is 16.1 Å². The lowest BCUT2D eigenvalue weighted by Gasteiger charge is -2.23. The number of aromatic nitrogens is 2. The van der Waals surface area contributed by atoms with Crippen LogP contribution in [0, 0.1) is 5.92 Å². The van der Waals surface area contributed by atoms with Crippen molar-refractivity contribution in [1.82, 2.24) is 14.5 Å². The van der Waals surface area contributed by atoms with Crippen LogP contribution in [0.4, 0.5) is 10.5 Å². The largest absolute Gasteiger partial charge is 0.476 e. The average molecular weight is 432 g/mol. The van der Waals surface area contributed by atoms with Crippen LogP contribution in [0.3, 0.4) is 0 Å². The predicted octanol–water partition coefficient (Wildman–Crippen LogP) is 1.34. The molecular weight excluding hydrogens is 406 g/mol. The zero-order valence-corrected chi connectivity index (χ0v) is 17.4. The van der Waals surface area contributed by atoms with Gasteiger partial charge in [-0.15, -0.1) is 0 Å². The minimum Gasteiger partial charge on any atom is -0.476 e. The quantitative estimate of drug-likeness (QED) is 0.670. The van der Waals surface area contributed by atoms with Crippen molar-refractivity contribution in [2.75, 3.05) is 18.5 Å². The SMILES string of the molecule is NCC1COc2c(S(=O)(=O)NC(=O)Nc3c4c(cc5c3CCC5)CCC4)cnn2C1. The minimum absolute atomic E-state index is 0.0754. The highest BCUT2D eigenvalue weighted by Gasteiger charge is 2.31. The fourth-order valence-corrected chi connectivity index (χ4v) is 5.72. The van der Waals surface area contributed by atoms with E-state index in [4.69, 9.17) is 10.5 Å². The number of carbonyl (C=O) groups excluding carboxylic acids is 1. The van der Waals surface area contributed by atoms with Crippen molar-refractivity contribution in [3.05, 3.63) is 34.5 Å². The Morgan fingerprint density at radius 2 is 1.90 bits per heavy atom. The molecule has 10 heteroatoms. The molecule has 3 aliphatic rings. The molecule has 1 atom stereocenters. The Bertz CT molecular complexity index is 1090. The molecule has 2 aromatic rings. The van der Waals surface area contributed by atoms with Gasteiger partial charge >= 0.3 is 6.03 Å². The van der Waals surface area contributed by atoms with Crippen molar-refractivity contribution in [2.45, 2.75) is 50.0 Å². The summed E-state index contributed by atoms with van der Waals surface area (Å²) in [5.41, 5.74) is 11.3. The molecule has 0 spiro atoms. The second kappa shape index (κ2) is 7.28. The third-order valence-electron chi connectivity index (χ3n) is 6.21. The van der Waals surface area contributed by atoms with E-state index >= 15 is 0 Å². The van der Waals surface area contributed by atoms with Gasteiger partial charge < -0.3 is 15.8 Å². The second-order valence-electron chi connectivity index (χ2n) is 8.20. The molecule has 30 heavy (non-hydrogen) atoms. The van der Waals surface area contributed by atoms with Gasteiger partial charge in [0.2, 0.25) is 5.88 Å². The second-order valence-corrected chi connectivity index (χ2v) is 9.85. The van der Waals surface area contributed by atoms with E-state index in [9.17, 15) is 13.2 Å². The molecule has 5 rings (SSSR count). The Morgan fingerprint density at radius 3 is 2.57 bits per heavy atom. The van der Waals surface area contributed by atoms with E-state index in [1.54, 1.807) is 0 Å². The summed E-state index contributed by atoms with van der Waals surface area (Å²) in [6.45, 7) is 1.22. The summed E-state index contributed by atoms with van der Waals surface area (Å²) in [5.74, 6) is 0.216. The van der Waals surface area contributed by atoms with Crippen LogP contribution in [0.5, 0.6) is 5.88 Å². The number of nitrogens with zero attached hydrogens (tertiary/aromatic N) is 2. The van der Waals surface area contributed by atoms with Crippen LogP contribution < -0.4 is 20.5 Å². The number of urea groups is 1. The van der Waals surface area contributed by atoms with E-state index in [-0.39, 0.29) is 16.7 Å². The molecule has 2 amide bonds. The highest BCUT2D eigenvalue weighted by atomic mass is 32.2. The molecule has 2 aliphatic carbocycles. The molecular formula is C20H25N5O4S. The van der Waals surface area contributed by atoms with E-state index in [2.05, 4.69) is 21.2 Å². The van der Waals surface area contributed by atoms with Gasteiger partial charge in [-0.05, 0) is 60.8 Å². The number of hydrogen-bond acceptors (Lipinski definition) is 6. The highest BCUT2D eigenvalue weighted by Crippen LogP contribution is 2.38. The number of amides is 2. The Morgan fingerprint density at radius 1 is 1.20 bits per heavy atom. The number of hydrogen-bond donors (Lipinski definition) is 3. The van der Waals surface area contributed by atoms with Crippen molar-refractivity contribution in [1.29, 1.82) is 0 Å². The Balaban J connectivity index is 1.38. The van der Waals surface area contributed by atoms with Crippen molar-refractivity contribution in [2.24, 2.45) is 11.7 Å². The third-order valence-corrected chi connectivity index (χ3v) is 7.52. The first kappa shape index (κ1) is 19.4. The Labute approximate surface area is 175 Å². The third kappa shape index (κ3) is 3.24. The summed E-state index contributed by atoms with van der Waals surface area (Å²) in [5, 5.41) is 6.94. The first-order chi connectivity index (χ1) is 14.5. The molecule has 9 nitrogen and oxygen atoms in total. The van der Waals surface area contributed by atoms with Gasteiger partial charge in [-0.25, -0.2) is 22.6 Å². The number of nitrogens with one attached hydrogen (secondary N) is 2. The smallest absolute Gasteiger partial charge is 0.333 e. The van der Waals surface area contributed by atoms with E-state index in [0.717, 1.165) is 55.3 Å². The number of benzene rings is 1. The number of aryl methyl sites for hydroxylation is 2. The minimum atomic E-state index is -4.13. The standard InChI is InChI=1S/C20H25N5O4S/c21-8-12-10-25-19(29-11-12)17(9-22-25)30(27,28)24-20(26)23-18-15-5-1-3-13(15)7-14-4-2-6-16(14)18/h7,9,12H,1-6,8,10-11,21H2,(H2,23,24,26). The van der Waals surface area contributed by atoms with Gasteiger partial charge in [0.15, 0.2) is 4.90 Å². The maximum absolute atomic E-state index is 12.9. The van der Waals surface area contributed by atoms with Gasteiger partial charge in [0, 0.05) is 18.2 Å². The van der Waals surface area contributed by atoms with Gasteiger partial charge in [0.25, 0.3) is 10.0 Å². The van der Waals surface area contributed by atoms with Crippen LogP contribution in [0.25, 0.3) is 0 Å². The molecule has 1 aromatic carbocycles. The number of carbonyl (C=O) groups is 1. The van der Waals surface area contributed by atoms with E-state index in [1.165, 1.54) is 22.0 Å². The fourth-order valence-electron chi connectivity index (χ4n) is 4.74. The lowest BCUT2D eigenvalue weighted by atomic mass is 9.99. The zero-order chi connectivity index (χ0) is 20.9. The summed E-state index contributed by atoms with van der Waals surface area (Å²) in [6.07, 6.45) is 7.12. The number of anilines is 1. The van der Waals surface area contributed by atoms with Crippen molar-refractivity contribution in [3.8, 4) is 5.88 Å². The van der Waals surface area contributed by atoms with Crippen molar-refractivity contribution < 1.29 is 17.9 Å². The number of nitrogens with two attached hydrogens (primary N) is 1. The topological polar surface area (TPSA) is 128 Å². The number of rotatable bonds is 4. The maximum atomic E-state index is 12.9. The summed E-state index contributed by atoms with van der Waals surface area (Å²) in [7, 11) is -4.13. The fraction of sp³-hybridized carbons (Fsp3) is 0.500. The lowest BCUT2D eigenvalue weighted by molar-refractivity contribution is 0.164. The highest BCUT2D eigenvalue weighted by molar-refractivity contribution is 7.90. The summed E-state index contributed by atoms with van der Waals surface area (Å²) < 4.78 is 34.9. The molecule has 0 bridgehead atoms. The molecule has 4 N–H and O–H groups in total.